The molecule has 0 radical (unpaired) electrons. The summed E-state index contributed by atoms with van der Waals surface area (Å²) in [5.74, 6) is 0.221. The van der Waals surface area contributed by atoms with E-state index < -0.39 is 0 Å². The van der Waals surface area contributed by atoms with E-state index in [0.29, 0.717) is 6.42 Å². The van der Waals surface area contributed by atoms with Crippen molar-refractivity contribution >= 4 is 5.78 Å². The topological polar surface area (TPSA) is 43.1 Å². The molecule has 2 N–H and O–H groups in total. The molecule has 0 bridgehead atoms. The maximum absolute atomic E-state index is 11.7. The summed E-state index contributed by atoms with van der Waals surface area (Å²) in [6.07, 6.45) is 6.59. The van der Waals surface area contributed by atoms with Gasteiger partial charge >= 0.3 is 0 Å². The average molecular weight is 213 g/mol. The summed E-state index contributed by atoms with van der Waals surface area (Å²) >= 11 is 0. The van der Waals surface area contributed by atoms with Crippen LogP contribution in [0.3, 0.4) is 0 Å². The third kappa shape index (κ3) is 6.67. The van der Waals surface area contributed by atoms with E-state index in [-0.39, 0.29) is 17.2 Å². The van der Waals surface area contributed by atoms with E-state index in [1.165, 1.54) is 19.3 Å². The molecule has 15 heavy (non-hydrogen) atoms. The maximum Gasteiger partial charge on any atom is 0.150 e. The van der Waals surface area contributed by atoms with E-state index in [2.05, 4.69) is 6.92 Å². The molecular formula is C13H27NO. The minimum absolute atomic E-state index is 0.0967. The molecule has 0 aromatic heterocycles. The Morgan fingerprint density at radius 2 is 1.67 bits per heavy atom. The van der Waals surface area contributed by atoms with Gasteiger partial charge in [0.05, 0.1) is 6.04 Å². The van der Waals surface area contributed by atoms with Crippen LogP contribution in [0.2, 0.25) is 0 Å². The van der Waals surface area contributed by atoms with Crippen molar-refractivity contribution in [2.75, 3.05) is 0 Å². The fraction of sp³-hybridized carbons (Fsp3) is 0.923. The predicted molar refractivity (Wildman–Crippen MR) is 65.8 cm³/mol. The van der Waals surface area contributed by atoms with Crippen molar-refractivity contribution in [2.24, 2.45) is 11.1 Å². The van der Waals surface area contributed by atoms with Crippen LogP contribution in [0, 0.1) is 5.41 Å². The number of carbonyl (C=O) groups is 1. The monoisotopic (exact) mass is 213 g/mol. The molecule has 0 fully saturated rings. The molecule has 90 valence electrons. The van der Waals surface area contributed by atoms with Crippen LogP contribution in [0.4, 0.5) is 0 Å². The molecule has 2 nitrogen and oxygen atoms in total. The highest BCUT2D eigenvalue weighted by Gasteiger charge is 2.26. The smallest absolute Gasteiger partial charge is 0.150 e. The number of Topliss-reactive ketones (excluding diaryl/α,β-unsaturated/α-hetero) is 1. The second kappa shape index (κ2) is 7.00. The lowest BCUT2D eigenvalue weighted by Crippen LogP contribution is -2.42. The molecule has 0 aliphatic heterocycles. The van der Waals surface area contributed by atoms with Crippen LogP contribution < -0.4 is 5.73 Å². The second-order valence-corrected chi connectivity index (χ2v) is 5.47. The second-order valence-electron chi connectivity index (χ2n) is 5.47. The molecule has 0 spiro atoms. The third-order valence-corrected chi connectivity index (χ3v) is 2.81. The van der Waals surface area contributed by atoms with Gasteiger partial charge < -0.3 is 5.73 Å². The van der Waals surface area contributed by atoms with Crippen LogP contribution in [0.15, 0.2) is 0 Å². The summed E-state index contributed by atoms with van der Waals surface area (Å²) in [4.78, 5) is 11.7. The van der Waals surface area contributed by atoms with E-state index in [9.17, 15) is 4.79 Å². The SMILES string of the molecule is CCCCCCCC(=O)C(N)C(C)(C)C. The van der Waals surface area contributed by atoms with Crippen molar-refractivity contribution in [2.45, 2.75) is 72.3 Å². The lowest BCUT2D eigenvalue weighted by Gasteiger charge is -2.25. The van der Waals surface area contributed by atoms with Crippen LogP contribution in [0.1, 0.15) is 66.2 Å². The van der Waals surface area contributed by atoms with Gasteiger partial charge in [-0.3, -0.25) is 4.79 Å². The zero-order valence-corrected chi connectivity index (χ0v) is 10.8. The Balaban J connectivity index is 3.66. The van der Waals surface area contributed by atoms with Crippen molar-refractivity contribution < 1.29 is 4.79 Å². The van der Waals surface area contributed by atoms with Crippen LogP contribution >= 0.6 is 0 Å². The molecule has 0 saturated carbocycles. The highest BCUT2D eigenvalue weighted by molar-refractivity contribution is 5.84. The van der Waals surface area contributed by atoms with Gasteiger partial charge in [-0.05, 0) is 11.8 Å². The Hall–Kier alpha value is -0.370. The first kappa shape index (κ1) is 14.6. The number of nitrogens with two attached hydrogens (primary N) is 1. The third-order valence-electron chi connectivity index (χ3n) is 2.81. The fourth-order valence-electron chi connectivity index (χ4n) is 1.54. The van der Waals surface area contributed by atoms with Gasteiger partial charge in [0.1, 0.15) is 5.78 Å². The van der Waals surface area contributed by atoms with Gasteiger partial charge in [-0.15, -0.1) is 0 Å². The lowest BCUT2D eigenvalue weighted by atomic mass is 9.83. The lowest BCUT2D eigenvalue weighted by molar-refractivity contribution is -0.122. The first-order valence-corrected chi connectivity index (χ1v) is 6.18. The number of rotatable bonds is 7. The summed E-state index contributed by atoms with van der Waals surface area (Å²) in [6, 6.07) is -0.302. The highest BCUT2D eigenvalue weighted by atomic mass is 16.1. The Labute approximate surface area is 94.6 Å². The molecule has 2 heteroatoms. The van der Waals surface area contributed by atoms with Gasteiger partial charge in [0.2, 0.25) is 0 Å². The number of hydrogen-bond donors (Lipinski definition) is 1. The Morgan fingerprint density at radius 1 is 1.13 bits per heavy atom. The van der Waals surface area contributed by atoms with Gasteiger partial charge in [0, 0.05) is 6.42 Å². The summed E-state index contributed by atoms with van der Waals surface area (Å²) in [6.45, 7) is 8.26. The van der Waals surface area contributed by atoms with Crippen molar-refractivity contribution in [1.29, 1.82) is 0 Å². The predicted octanol–water partition coefficient (Wildman–Crippen LogP) is 3.29. The average Bonchev–Trinajstić information content (AvgIpc) is 2.14. The zero-order chi connectivity index (χ0) is 11.9. The summed E-state index contributed by atoms with van der Waals surface area (Å²) in [7, 11) is 0. The molecule has 0 saturated heterocycles. The first-order chi connectivity index (χ1) is 6.89. The highest BCUT2D eigenvalue weighted by Crippen LogP contribution is 2.19. The van der Waals surface area contributed by atoms with E-state index in [1.807, 2.05) is 20.8 Å². The summed E-state index contributed by atoms with van der Waals surface area (Å²) in [5, 5.41) is 0. The van der Waals surface area contributed by atoms with Gasteiger partial charge in [-0.25, -0.2) is 0 Å². The van der Waals surface area contributed by atoms with Crippen LogP contribution in [-0.4, -0.2) is 11.8 Å². The van der Waals surface area contributed by atoms with Crippen LogP contribution in [0.25, 0.3) is 0 Å². The van der Waals surface area contributed by atoms with Gasteiger partial charge in [-0.1, -0.05) is 53.4 Å². The molecule has 0 aromatic rings. The van der Waals surface area contributed by atoms with E-state index >= 15 is 0 Å². The van der Waals surface area contributed by atoms with Gasteiger partial charge in [-0.2, -0.15) is 0 Å². The zero-order valence-electron chi connectivity index (χ0n) is 10.8. The van der Waals surface area contributed by atoms with E-state index in [0.717, 1.165) is 12.8 Å². The first-order valence-electron chi connectivity index (χ1n) is 6.18. The Bertz CT molecular complexity index is 181. The molecule has 0 heterocycles. The Morgan fingerprint density at radius 3 is 2.13 bits per heavy atom. The van der Waals surface area contributed by atoms with Gasteiger partial charge in [0.15, 0.2) is 0 Å². The minimum Gasteiger partial charge on any atom is -0.321 e. The van der Waals surface area contributed by atoms with Crippen molar-refractivity contribution in [3.63, 3.8) is 0 Å². The number of unbranched alkanes of at least 4 members (excludes halogenated alkanes) is 4. The molecule has 1 atom stereocenters. The molecule has 1 unspecified atom stereocenters. The molecule has 0 aliphatic carbocycles. The minimum atomic E-state index is -0.302. The van der Waals surface area contributed by atoms with Crippen molar-refractivity contribution in [1.82, 2.24) is 0 Å². The van der Waals surface area contributed by atoms with E-state index in [4.69, 9.17) is 5.73 Å². The molecule has 0 aliphatic rings. The normalized spacial score (nSPS) is 13.9. The molecule has 0 rings (SSSR count). The standard InChI is InChI=1S/C13H27NO/c1-5-6-7-8-9-10-11(15)12(14)13(2,3)4/h12H,5-10,14H2,1-4H3. The number of ketones is 1. The molecular weight excluding hydrogens is 186 g/mol. The Kier molecular flexibility index (Phi) is 6.82. The maximum atomic E-state index is 11.7. The largest absolute Gasteiger partial charge is 0.321 e. The van der Waals surface area contributed by atoms with Gasteiger partial charge in [0.25, 0.3) is 0 Å². The van der Waals surface area contributed by atoms with Crippen molar-refractivity contribution in [3.8, 4) is 0 Å². The van der Waals surface area contributed by atoms with Crippen LogP contribution in [-0.2, 0) is 4.79 Å². The van der Waals surface area contributed by atoms with E-state index in [1.54, 1.807) is 0 Å². The molecule has 0 aromatic carbocycles. The molecule has 0 amide bonds. The fourth-order valence-corrected chi connectivity index (χ4v) is 1.54. The van der Waals surface area contributed by atoms with Crippen LogP contribution in [0.5, 0.6) is 0 Å². The number of hydrogen-bond acceptors (Lipinski definition) is 2. The number of carbonyl (C=O) groups excluding carboxylic acids is 1. The summed E-state index contributed by atoms with van der Waals surface area (Å²) < 4.78 is 0. The van der Waals surface area contributed by atoms with Crippen molar-refractivity contribution in [3.05, 3.63) is 0 Å². The quantitative estimate of drug-likeness (QED) is 0.659. The summed E-state index contributed by atoms with van der Waals surface area (Å²) in [5.41, 5.74) is 5.79.